The van der Waals surface area contributed by atoms with Crippen LogP contribution >= 0.6 is 0 Å². The Hall–Kier alpha value is -1.83. The van der Waals surface area contributed by atoms with Crippen molar-refractivity contribution in [2.24, 2.45) is 0 Å². The molecule has 3 heterocycles. The number of hydrogen-bond donors (Lipinski definition) is 0. The highest BCUT2D eigenvalue weighted by atomic mass is 16.5. The Labute approximate surface area is 129 Å². The second-order valence-corrected chi connectivity index (χ2v) is 5.36. The van der Waals surface area contributed by atoms with Gasteiger partial charge in [0.2, 0.25) is 11.7 Å². The van der Waals surface area contributed by atoms with Crippen molar-refractivity contribution in [2.45, 2.75) is 6.54 Å². The van der Waals surface area contributed by atoms with E-state index in [9.17, 15) is 0 Å². The highest BCUT2D eigenvalue weighted by molar-refractivity contribution is 5.51. The molecule has 1 aliphatic heterocycles. The maximum atomic E-state index is 5.35. The van der Waals surface area contributed by atoms with E-state index < -0.39 is 0 Å². The molecule has 7 nitrogen and oxygen atoms in total. The summed E-state index contributed by atoms with van der Waals surface area (Å²) in [6.07, 6.45) is 3.47. The van der Waals surface area contributed by atoms with E-state index in [1.165, 1.54) is 0 Å². The van der Waals surface area contributed by atoms with E-state index in [4.69, 9.17) is 9.26 Å². The average molecular weight is 303 g/mol. The minimum absolute atomic E-state index is 0.599. The van der Waals surface area contributed by atoms with Gasteiger partial charge in [-0.25, -0.2) is 0 Å². The van der Waals surface area contributed by atoms with Gasteiger partial charge in [-0.1, -0.05) is 5.16 Å². The molecule has 3 rings (SSSR count). The van der Waals surface area contributed by atoms with E-state index in [0.717, 1.165) is 44.9 Å². The van der Waals surface area contributed by atoms with Gasteiger partial charge in [-0.15, -0.1) is 0 Å². The van der Waals surface area contributed by atoms with E-state index in [1.54, 1.807) is 19.5 Å². The highest BCUT2D eigenvalue weighted by Gasteiger charge is 2.19. The minimum atomic E-state index is 0.599. The van der Waals surface area contributed by atoms with Crippen molar-refractivity contribution in [2.75, 3.05) is 46.4 Å². The van der Waals surface area contributed by atoms with Crippen molar-refractivity contribution in [1.29, 1.82) is 0 Å². The van der Waals surface area contributed by atoms with E-state index in [-0.39, 0.29) is 0 Å². The third kappa shape index (κ3) is 3.88. The van der Waals surface area contributed by atoms with E-state index in [2.05, 4.69) is 24.9 Å². The van der Waals surface area contributed by atoms with Crippen molar-refractivity contribution < 1.29 is 9.26 Å². The first kappa shape index (κ1) is 15.1. The van der Waals surface area contributed by atoms with Crippen molar-refractivity contribution in [3.05, 3.63) is 30.4 Å². The first-order valence-electron chi connectivity index (χ1n) is 7.52. The molecule has 0 bridgehead atoms. The Morgan fingerprint density at radius 1 is 1.23 bits per heavy atom. The molecule has 1 aliphatic rings. The topological polar surface area (TPSA) is 67.5 Å². The van der Waals surface area contributed by atoms with Crippen LogP contribution in [0, 0.1) is 0 Å². The number of ether oxygens (including phenoxy) is 1. The molecule has 2 aromatic heterocycles. The molecule has 0 unspecified atom stereocenters. The average Bonchev–Trinajstić information content (AvgIpc) is 3.04. The zero-order valence-corrected chi connectivity index (χ0v) is 12.8. The molecular weight excluding hydrogens is 282 g/mol. The van der Waals surface area contributed by atoms with Crippen LogP contribution < -0.4 is 0 Å². The van der Waals surface area contributed by atoms with Crippen LogP contribution in [0.25, 0.3) is 11.4 Å². The first-order valence-corrected chi connectivity index (χ1v) is 7.52. The molecule has 0 aliphatic carbocycles. The maximum absolute atomic E-state index is 5.35. The molecule has 22 heavy (non-hydrogen) atoms. The molecule has 0 spiro atoms. The second kappa shape index (κ2) is 7.44. The van der Waals surface area contributed by atoms with Gasteiger partial charge in [-0.3, -0.25) is 14.8 Å². The van der Waals surface area contributed by atoms with Crippen molar-refractivity contribution >= 4 is 0 Å². The summed E-state index contributed by atoms with van der Waals surface area (Å²) in [4.78, 5) is 13.3. The molecule has 0 aromatic carbocycles. The smallest absolute Gasteiger partial charge is 0.241 e. The third-order valence-electron chi connectivity index (χ3n) is 3.82. The Kier molecular flexibility index (Phi) is 5.10. The van der Waals surface area contributed by atoms with Crippen LogP contribution in [-0.2, 0) is 11.3 Å². The number of hydrogen-bond acceptors (Lipinski definition) is 7. The summed E-state index contributed by atoms with van der Waals surface area (Å²) in [5.41, 5.74) is 0.877. The molecule has 0 saturated carbocycles. The Balaban J connectivity index is 1.51. The minimum Gasteiger partial charge on any atom is -0.383 e. The molecule has 0 N–H and O–H groups in total. The molecule has 2 aromatic rings. The molecule has 0 atom stereocenters. The number of aromatic nitrogens is 3. The van der Waals surface area contributed by atoms with Gasteiger partial charge >= 0.3 is 0 Å². The van der Waals surface area contributed by atoms with Crippen LogP contribution in [0.15, 0.2) is 29.0 Å². The van der Waals surface area contributed by atoms with Crippen molar-refractivity contribution in [3.8, 4) is 11.4 Å². The fraction of sp³-hybridized carbons (Fsp3) is 0.533. The summed E-state index contributed by atoms with van der Waals surface area (Å²) in [5, 5.41) is 4.03. The van der Waals surface area contributed by atoms with Crippen molar-refractivity contribution in [3.63, 3.8) is 0 Å². The van der Waals surface area contributed by atoms with Gasteiger partial charge in [0.05, 0.1) is 13.2 Å². The number of nitrogens with zero attached hydrogens (tertiary/aromatic N) is 5. The number of pyridine rings is 1. The van der Waals surface area contributed by atoms with E-state index >= 15 is 0 Å². The van der Waals surface area contributed by atoms with Gasteiger partial charge in [0.15, 0.2) is 0 Å². The number of rotatable bonds is 6. The lowest BCUT2D eigenvalue weighted by atomic mass is 10.3. The SMILES string of the molecule is COCCN1CCN(Cc2nc(-c3cccnc3)no2)CC1. The van der Waals surface area contributed by atoms with Crippen molar-refractivity contribution in [1.82, 2.24) is 24.9 Å². The van der Waals surface area contributed by atoms with Gasteiger partial charge in [0.25, 0.3) is 0 Å². The largest absolute Gasteiger partial charge is 0.383 e. The van der Waals surface area contributed by atoms with E-state index in [1.807, 2.05) is 12.1 Å². The maximum Gasteiger partial charge on any atom is 0.241 e. The normalized spacial score (nSPS) is 17.0. The first-order chi connectivity index (χ1) is 10.8. The monoisotopic (exact) mass is 303 g/mol. The predicted octanol–water partition coefficient (Wildman–Crippen LogP) is 0.896. The summed E-state index contributed by atoms with van der Waals surface area (Å²) < 4.78 is 10.5. The quantitative estimate of drug-likeness (QED) is 0.785. The summed E-state index contributed by atoms with van der Waals surface area (Å²) in [7, 11) is 1.74. The molecular formula is C15H21N5O2. The third-order valence-corrected chi connectivity index (χ3v) is 3.82. The van der Waals surface area contributed by atoms with Crippen LogP contribution in [-0.4, -0.2) is 71.4 Å². The fourth-order valence-corrected chi connectivity index (χ4v) is 2.51. The fourth-order valence-electron chi connectivity index (χ4n) is 2.51. The molecule has 118 valence electrons. The Morgan fingerprint density at radius 3 is 2.77 bits per heavy atom. The standard InChI is InChI=1S/C15H21N5O2/c1-21-10-9-19-5-7-20(8-6-19)12-14-17-15(18-22-14)13-3-2-4-16-11-13/h2-4,11H,5-10,12H2,1H3. The van der Waals surface area contributed by atoms with Crippen LogP contribution in [0.3, 0.4) is 0 Å². The lowest BCUT2D eigenvalue weighted by molar-refractivity contribution is 0.0883. The molecule has 7 heteroatoms. The zero-order chi connectivity index (χ0) is 15.2. The van der Waals surface area contributed by atoms with Gasteiger partial charge in [-0.2, -0.15) is 4.98 Å². The molecule has 0 radical (unpaired) electrons. The van der Waals surface area contributed by atoms with Crippen LogP contribution in [0.4, 0.5) is 0 Å². The molecule has 1 fully saturated rings. The van der Waals surface area contributed by atoms with Crippen LogP contribution in [0.5, 0.6) is 0 Å². The Bertz CT molecular complexity index is 566. The lowest BCUT2D eigenvalue weighted by Gasteiger charge is -2.33. The van der Waals surface area contributed by atoms with Crippen LogP contribution in [0.1, 0.15) is 5.89 Å². The predicted molar refractivity (Wildman–Crippen MR) is 81.1 cm³/mol. The van der Waals surface area contributed by atoms with Gasteiger partial charge in [0, 0.05) is 57.8 Å². The summed E-state index contributed by atoms with van der Waals surface area (Å²) in [6.45, 7) is 6.60. The number of piperazine rings is 1. The summed E-state index contributed by atoms with van der Waals surface area (Å²) >= 11 is 0. The lowest BCUT2D eigenvalue weighted by Crippen LogP contribution is -2.46. The molecule has 1 saturated heterocycles. The highest BCUT2D eigenvalue weighted by Crippen LogP contribution is 2.15. The van der Waals surface area contributed by atoms with Gasteiger partial charge in [-0.05, 0) is 12.1 Å². The van der Waals surface area contributed by atoms with E-state index in [0.29, 0.717) is 18.3 Å². The second-order valence-electron chi connectivity index (χ2n) is 5.36. The summed E-state index contributed by atoms with van der Waals surface area (Å²) in [5.74, 6) is 1.26. The van der Waals surface area contributed by atoms with Crippen LogP contribution in [0.2, 0.25) is 0 Å². The Morgan fingerprint density at radius 2 is 2.05 bits per heavy atom. The zero-order valence-electron chi connectivity index (χ0n) is 12.8. The van der Waals surface area contributed by atoms with Gasteiger partial charge < -0.3 is 9.26 Å². The summed E-state index contributed by atoms with van der Waals surface area (Å²) in [6, 6.07) is 3.79. The van der Waals surface area contributed by atoms with Gasteiger partial charge in [0.1, 0.15) is 0 Å². The molecule has 0 amide bonds. The number of methoxy groups -OCH3 is 1.